The number of aldehydes is 1. The molecule has 0 heterocycles. The van der Waals surface area contributed by atoms with Gasteiger partial charge < -0.3 is 4.79 Å². The van der Waals surface area contributed by atoms with Gasteiger partial charge in [-0.25, -0.2) is 0 Å². The Kier molecular flexibility index (Phi) is 31.5. The fourth-order valence-corrected chi connectivity index (χ4v) is 5.42. The Labute approximate surface area is 239 Å². The normalized spacial score (nSPS) is 12.4. The maximum Gasteiger partial charge on any atom is 0.143 e. The number of ketones is 1. The lowest BCUT2D eigenvalue weighted by Crippen LogP contribution is -2.15. The van der Waals surface area contributed by atoms with Gasteiger partial charge in [-0.3, -0.25) is 4.79 Å². The van der Waals surface area contributed by atoms with Crippen molar-refractivity contribution in [1.82, 2.24) is 0 Å². The molecule has 0 amide bonds. The number of Topliss-reactive ketones (excluding diaryl/α,β-unsaturated/α-hetero) is 1. The zero-order valence-corrected chi connectivity index (χ0v) is 26.1. The topological polar surface area (TPSA) is 34.1 Å². The Morgan fingerprint density at radius 3 is 1.21 bits per heavy atom. The maximum absolute atomic E-state index is 12.4. The third-order valence-corrected chi connectivity index (χ3v) is 8.13. The van der Waals surface area contributed by atoms with Crippen LogP contribution in [0.15, 0.2) is 12.2 Å². The summed E-state index contributed by atoms with van der Waals surface area (Å²) in [4.78, 5) is 23.9. The van der Waals surface area contributed by atoms with Crippen molar-refractivity contribution in [1.29, 1.82) is 0 Å². The number of hydrogen-bond donors (Lipinski definition) is 0. The first kappa shape index (κ1) is 37.1. The number of hydrogen-bond acceptors (Lipinski definition) is 2. The van der Waals surface area contributed by atoms with Crippen LogP contribution in [0.2, 0.25) is 0 Å². The van der Waals surface area contributed by atoms with Gasteiger partial charge >= 0.3 is 0 Å². The lowest BCUT2D eigenvalue weighted by Gasteiger charge is -2.09. The molecule has 0 aliphatic heterocycles. The molecule has 0 bridgehead atoms. The van der Waals surface area contributed by atoms with Crippen LogP contribution in [0.3, 0.4) is 0 Å². The SMILES string of the molecule is CCCCCCCCC=CCCCCCCCC(=O)C(C=O)CCCCCCCCCCCCCCCC. The van der Waals surface area contributed by atoms with Crippen molar-refractivity contribution in [3.8, 4) is 0 Å². The van der Waals surface area contributed by atoms with E-state index in [1.54, 1.807) is 0 Å². The maximum atomic E-state index is 12.4. The molecule has 0 aromatic heterocycles. The van der Waals surface area contributed by atoms with E-state index in [-0.39, 0.29) is 11.7 Å². The second-order valence-electron chi connectivity index (χ2n) is 11.9. The molecule has 2 nitrogen and oxygen atoms in total. The van der Waals surface area contributed by atoms with Crippen LogP contribution in [0, 0.1) is 5.92 Å². The first-order valence-corrected chi connectivity index (χ1v) is 17.4. The summed E-state index contributed by atoms with van der Waals surface area (Å²) in [6.07, 6.45) is 42.2. The number of allylic oxidation sites excluding steroid dienone is 2. The number of unbranched alkanes of at least 4 members (excludes halogenated alkanes) is 24. The molecule has 0 aliphatic rings. The summed E-state index contributed by atoms with van der Waals surface area (Å²) in [5, 5.41) is 0. The molecule has 0 radical (unpaired) electrons. The lowest BCUT2D eigenvalue weighted by molar-refractivity contribution is -0.127. The van der Waals surface area contributed by atoms with Gasteiger partial charge in [0.2, 0.25) is 0 Å². The summed E-state index contributed by atoms with van der Waals surface area (Å²) in [7, 11) is 0. The Morgan fingerprint density at radius 1 is 0.474 bits per heavy atom. The highest BCUT2D eigenvalue weighted by Gasteiger charge is 2.16. The number of rotatable bonds is 32. The quantitative estimate of drug-likeness (QED) is 0.0373. The van der Waals surface area contributed by atoms with E-state index in [1.165, 1.54) is 154 Å². The van der Waals surface area contributed by atoms with Gasteiger partial charge in [0, 0.05) is 6.42 Å². The van der Waals surface area contributed by atoms with E-state index in [0.717, 1.165) is 32.0 Å². The highest BCUT2D eigenvalue weighted by atomic mass is 16.1. The number of carbonyl (C=O) groups is 2. The van der Waals surface area contributed by atoms with Gasteiger partial charge in [-0.2, -0.15) is 0 Å². The van der Waals surface area contributed by atoms with Crippen molar-refractivity contribution in [2.45, 2.75) is 200 Å². The summed E-state index contributed by atoms with van der Waals surface area (Å²) >= 11 is 0. The predicted octanol–water partition coefficient (Wildman–Crippen LogP) is 12.3. The van der Waals surface area contributed by atoms with Crippen molar-refractivity contribution in [3.05, 3.63) is 12.2 Å². The molecule has 0 saturated carbocycles. The molecule has 0 saturated heterocycles. The zero-order valence-electron chi connectivity index (χ0n) is 26.1. The van der Waals surface area contributed by atoms with Crippen molar-refractivity contribution in [2.24, 2.45) is 5.92 Å². The van der Waals surface area contributed by atoms with E-state index in [4.69, 9.17) is 0 Å². The average Bonchev–Trinajstić information content (AvgIpc) is 2.93. The molecule has 224 valence electrons. The van der Waals surface area contributed by atoms with Gasteiger partial charge in [0.25, 0.3) is 0 Å². The minimum absolute atomic E-state index is 0.187. The van der Waals surface area contributed by atoms with E-state index in [2.05, 4.69) is 26.0 Å². The van der Waals surface area contributed by atoms with Crippen LogP contribution >= 0.6 is 0 Å². The predicted molar refractivity (Wildman–Crippen MR) is 169 cm³/mol. The van der Waals surface area contributed by atoms with Crippen LogP contribution in [-0.4, -0.2) is 12.1 Å². The molecule has 0 rings (SSSR count). The summed E-state index contributed by atoms with van der Waals surface area (Å²) in [5.41, 5.74) is 0. The van der Waals surface area contributed by atoms with Crippen LogP contribution < -0.4 is 0 Å². The Bertz CT molecular complexity index is 509. The summed E-state index contributed by atoms with van der Waals surface area (Å²) in [6, 6.07) is 0. The third kappa shape index (κ3) is 28.1. The summed E-state index contributed by atoms with van der Waals surface area (Å²) < 4.78 is 0. The number of carbonyl (C=O) groups excluding carboxylic acids is 2. The van der Waals surface area contributed by atoms with Gasteiger partial charge in [0.05, 0.1) is 5.92 Å². The molecule has 1 unspecified atom stereocenters. The molecule has 1 atom stereocenters. The monoisotopic (exact) mass is 533 g/mol. The minimum atomic E-state index is -0.343. The van der Waals surface area contributed by atoms with E-state index >= 15 is 0 Å². The van der Waals surface area contributed by atoms with Gasteiger partial charge in [-0.1, -0.05) is 167 Å². The van der Waals surface area contributed by atoms with E-state index in [1.807, 2.05) is 0 Å². The standard InChI is InChI=1S/C36H68O2/c1-3-5-7-9-11-13-15-17-19-21-23-25-27-29-31-33-36(38)35(34-37)32-30-28-26-24-22-20-18-16-14-12-10-8-6-4-2/h17,19,34-35H,3-16,18,20-33H2,1-2H3. The van der Waals surface area contributed by atoms with Crippen LogP contribution in [0.25, 0.3) is 0 Å². The van der Waals surface area contributed by atoms with Gasteiger partial charge in [0.15, 0.2) is 0 Å². The Balaban J connectivity index is 3.46. The fraction of sp³-hybridized carbons (Fsp3) is 0.889. The first-order chi connectivity index (χ1) is 18.8. The minimum Gasteiger partial charge on any atom is -0.303 e. The van der Waals surface area contributed by atoms with E-state index in [0.29, 0.717) is 6.42 Å². The van der Waals surface area contributed by atoms with Crippen LogP contribution in [0.1, 0.15) is 200 Å². The fourth-order valence-electron chi connectivity index (χ4n) is 5.42. The molecule has 0 aromatic rings. The van der Waals surface area contributed by atoms with Crippen molar-refractivity contribution in [2.75, 3.05) is 0 Å². The van der Waals surface area contributed by atoms with E-state index in [9.17, 15) is 9.59 Å². The van der Waals surface area contributed by atoms with Crippen LogP contribution in [0.5, 0.6) is 0 Å². The average molecular weight is 533 g/mol. The van der Waals surface area contributed by atoms with Crippen molar-refractivity contribution < 1.29 is 9.59 Å². The molecule has 2 heteroatoms. The molecule has 0 aliphatic carbocycles. The third-order valence-electron chi connectivity index (χ3n) is 8.13. The molecular formula is C36H68O2. The largest absolute Gasteiger partial charge is 0.303 e. The van der Waals surface area contributed by atoms with Crippen LogP contribution in [0.4, 0.5) is 0 Å². The molecule has 0 aromatic carbocycles. The molecule has 0 fully saturated rings. The molecule has 38 heavy (non-hydrogen) atoms. The smallest absolute Gasteiger partial charge is 0.143 e. The second kappa shape index (κ2) is 32.3. The molecule has 0 N–H and O–H groups in total. The Hall–Kier alpha value is -0.920. The molecular weight excluding hydrogens is 464 g/mol. The van der Waals surface area contributed by atoms with Crippen molar-refractivity contribution >= 4 is 12.1 Å². The van der Waals surface area contributed by atoms with Crippen LogP contribution in [-0.2, 0) is 9.59 Å². The molecule has 0 spiro atoms. The second-order valence-corrected chi connectivity index (χ2v) is 11.9. The highest BCUT2D eigenvalue weighted by Crippen LogP contribution is 2.17. The zero-order chi connectivity index (χ0) is 27.8. The summed E-state index contributed by atoms with van der Waals surface area (Å²) in [6.45, 7) is 4.55. The van der Waals surface area contributed by atoms with Crippen molar-refractivity contribution in [3.63, 3.8) is 0 Å². The first-order valence-electron chi connectivity index (χ1n) is 17.4. The van der Waals surface area contributed by atoms with Gasteiger partial charge in [0.1, 0.15) is 12.1 Å². The van der Waals surface area contributed by atoms with Gasteiger partial charge in [-0.15, -0.1) is 0 Å². The Morgan fingerprint density at radius 2 is 0.816 bits per heavy atom. The van der Waals surface area contributed by atoms with Gasteiger partial charge in [-0.05, 0) is 38.5 Å². The highest BCUT2D eigenvalue weighted by molar-refractivity contribution is 5.93. The summed E-state index contributed by atoms with van der Waals surface area (Å²) in [5.74, 6) is -0.156. The lowest BCUT2D eigenvalue weighted by atomic mass is 9.94. The van der Waals surface area contributed by atoms with E-state index < -0.39 is 0 Å².